The third-order valence-corrected chi connectivity index (χ3v) is 3.73. The van der Waals surface area contributed by atoms with Gasteiger partial charge in [0.15, 0.2) is 0 Å². The molecule has 0 radical (unpaired) electrons. The molecule has 2 atom stereocenters. The van der Waals surface area contributed by atoms with E-state index in [2.05, 4.69) is 10.2 Å². The average molecular weight is 198 g/mol. The van der Waals surface area contributed by atoms with Crippen LogP contribution < -0.4 is 5.32 Å². The summed E-state index contributed by atoms with van der Waals surface area (Å²) in [4.78, 5) is 14.0. The van der Waals surface area contributed by atoms with Gasteiger partial charge in [0.2, 0.25) is 0 Å². The summed E-state index contributed by atoms with van der Waals surface area (Å²) in [6, 6.07) is 0. The number of hydrogen-bond donors (Lipinski definition) is 1. The summed E-state index contributed by atoms with van der Waals surface area (Å²) < 4.78 is 4.94. The van der Waals surface area contributed by atoms with Crippen molar-refractivity contribution in [3.8, 4) is 0 Å². The summed E-state index contributed by atoms with van der Waals surface area (Å²) in [5.74, 6) is 0.350. The van der Waals surface area contributed by atoms with E-state index in [0.717, 1.165) is 26.1 Å². The molecule has 0 amide bonds. The van der Waals surface area contributed by atoms with E-state index < -0.39 is 0 Å². The zero-order valence-corrected chi connectivity index (χ0v) is 8.88. The number of ether oxygens (including phenoxy) is 1. The van der Waals surface area contributed by atoms with Crippen LogP contribution in [0.25, 0.3) is 0 Å². The van der Waals surface area contributed by atoms with Crippen molar-refractivity contribution in [1.29, 1.82) is 0 Å². The molecule has 0 aromatic heterocycles. The largest absolute Gasteiger partial charge is 0.468 e. The highest BCUT2D eigenvalue weighted by Crippen LogP contribution is 2.36. The number of nitrogens with zero attached hydrogens (tertiary/aromatic N) is 1. The van der Waals surface area contributed by atoms with E-state index in [9.17, 15) is 4.79 Å². The van der Waals surface area contributed by atoms with E-state index in [1.807, 2.05) is 7.05 Å². The molecular formula is C10H18N2O2. The maximum absolute atomic E-state index is 11.9. The van der Waals surface area contributed by atoms with Crippen molar-refractivity contribution >= 4 is 5.97 Å². The van der Waals surface area contributed by atoms with Crippen LogP contribution in [0.3, 0.4) is 0 Å². The first-order chi connectivity index (χ1) is 6.71. The van der Waals surface area contributed by atoms with Crippen molar-refractivity contribution in [2.24, 2.45) is 5.92 Å². The van der Waals surface area contributed by atoms with Gasteiger partial charge < -0.3 is 10.1 Å². The van der Waals surface area contributed by atoms with Crippen LogP contribution in [0.2, 0.25) is 0 Å². The number of rotatable bonds is 1. The predicted molar refractivity (Wildman–Crippen MR) is 53.0 cm³/mol. The number of hydrogen-bond acceptors (Lipinski definition) is 4. The lowest BCUT2D eigenvalue weighted by Gasteiger charge is -2.43. The summed E-state index contributed by atoms with van der Waals surface area (Å²) in [5.41, 5.74) is -0.382. The minimum atomic E-state index is -0.382. The Morgan fingerprint density at radius 3 is 3.14 bits per heavy atom. The van der Waals surface area contributed by atoms with Gasteiger partial charge in [0.1, 0.15) is 5.54 Å². The molecule has 0 unspecified atom stereocenters. The van der Waals surface area contributed by atoms with Crippen molar-refractivity contribution in [3.63, 3.8) is 0 Å². The van der Waals surface area contributed by atoms with Crippen molar-refractivity contribution < 1.29 is 9.53 Å². The maximum Gasteiger partial charge on any atom is 0.327 e. The zero-order valence-electron chi connectivity index (χ0n) is 8.88. The minimum Gasteiger partial charge on any atom is -0.468 e. The van der Waals surface area contributed by atoms with Gasteiger partial charge >= 0.3 is 5.97 Å². The van der Waals surface area contributed by atoms with E-state index in [1.165, 1.54) is 13.5 Å². The van der Waals surface area contributed by atoms with E-state index in [4.69, 9.17) is 4.74 Å². The van der Waals surface area contributed by atoms with Gasteiger partial charge in [0.05, 0.1) is 7.11 Å². The van der Waals surface area contributed by atoms with E-state index in [1.54, 1.807) is 0 Å². The molecule has 2 heterocycles. The molecule has 2 fully saturated rings. The number of piperidine rings is 1. The van der Waals surface area contributed by atoms with Crippen molar-refractivity contribution in [2.75, 3.05) is 33.8 Å². The highest BCUT2D eigenvalue weighted by Gasteiger charge is 2.54. The van der Waals surface area contributed by atoms with Crippen LogP contribution >= 0.6 is 0 Å². The molecule has 0 saturated carbocycles. The summed E-state index contributed by atoms with van der Waals surface area (Å²) in [6.45, 7) is 2.67. The van der Waals surface area contributed by atoms with Crippen LogP contribution in [0.5, 0.6) is 0 Å². The molecule has 14 heavy (non-hydrogen) atoms. The summed E-state index contributed by atoms with van der Waals surface area (Å²) in [7, 11) is 3.50. The Morgan fingerprint density at radius 2 is 2.43 bits per heavy atom. The van der Waals surface area contributed by atoms with Crippen LogP contribution in [-0.4, -0.2) is 50.2 Å². The second-order valence-corrected chi connectivity index (χ2v) is 4.31. The SMILES string of the molecule is COC(=O)[C@]12CNC[C@H]1CCCN2C. The molecule has 0 spiro atoms. The number of carbonyl (C=O) groups excluding carboxylic acids is 1. The molecule has 0 aromatic carbocycles. The molecular weight excluding hydrogens is 180 g/mol. The van der Waals surface area contributed by atoms with Crippen LogP contribution in [-0.2, 0) is 9.53 Å². The van der Waals surface area contributed by atoms with E-state index in [0.29, 0.717) is 5.92 Å². The molecule has 0 aliphatic carbocycles. The quantitative estimate of drug-likeness (QED) is 0.595. The van der Waals surface area contributed by atoms with Crippen molar-refractivity contribution in [2.45, 2.75) is 18.4 Å². The van der Waals surface area contributed by atoms with Gasteiger partial charge in [-0.25, -0.2) is 4.79 Å². The Balaban J connectivity index is 2.29. The Kier molecular flexibility index (Phi) is 2.49. The average Bonchev–Trinajstić information content (AvgIpc) is 2.63. The first-order valence-electron chi connectivity index (χ1n) is 5.22. The van der Waals surface area contributed by atoms with Gasteiger partial charge in [-0.2, -0.15) is 0 Å². The number of carbonyl (C=O) groups is 1. The Morgan fingerprint density at radius 1 is 1.64 bits per heavy atom. The highest BCUT2D eigenvalue weighted by molar-refractivity contribution is 5.82. The normalized spacial score (nSPS) is 38.0. The summed E-state index contributed by atoms with van der Waals surface area (Å²) in [6.07, 6.45) is 2.31. The van der Waals surface area contributed by atoms with Gasteiger partial charge in [0, 0.05) is 19.0 Å². The zero-order chi connectivity index (χ0) is 10.2. The lowest BCUT2D eigenvalue weighted by molar-refractivity contribution is -0.158. The predicted octanol–water partition coefficient (Wildman–Crippen LogP) is -0.157. The number of esters is 1. The molecule has 4 heteroatoms. The number of likely N-dealkylation sites (N-methyl/N-ethyl adjacent to an activating group) is 1. The molecule has 80 valence electrons. The van der Waals surface area contributed by atoms with Crippen molar-refractivity contribution in [3.05, 3.63) is 0 Å². The summed E-state index contributed by atoms with van der Waals surface area (Å²) >= 11 is 0. The lowest BCUT2D eigenvalue weighted by Crippen LogP contribution is -2.61. The number of nitrogens with one attached hydrogen (secondary N) is 1. The Hall–Kier alpha value is -0.610. The third-order valence-electron chi connectivity index (χ3n) is 3.73. The van der Waals surface area contributed by atoms with E-state index >= 15 is 0 Å². The standard InChI is InChI=1S/C10H18N2O2/c1-12-5-3-4-8-6-11-7-10(8,12)9(13)14-2/h8,11H,3-7H2,1-2H3/t8-,10+/m1/s1. The van der Waals surface area contributed by atoms with Gasteiger partial charge in [-0.15, -0.1) is 0 Å². The minimum absolute atomic E-state index is 0.0744. The fourth-order valence-electron chi connectivity index (χ4n) is 2.88. The van der Waals surface area contributed by atoms with Gasteiger partial charge in [-0.05, 0) is 26.4 Å². The molecule has 0 bridgehead atoms. The van der Waals surface area contributed by atoms with Crippen LogP contribution in [0, 0.1) is 5.92 Å². The van der Waals surface area contributed by atoms with Gasteiger partial charge in [0.25, 0.3) is 0 Å². The summed E-state index contributed by atoms with van der Waals surface area (Å²) in [5, 5.41) is 3.31. The van der Waals surface area contributed by atoms with Gasteiger partial charge in [-0.3, -0.25) is 4.90 Å². The second-order valence-electron chi connectivity index (χ2n) is 4.31. The number of fused-ring (bicyclic) bond motifs is 1. The fraction of sp³-hybridized carbons (Fsp3) is 0.900. The van der Waals surface area contributed by atoms with E-state index in [-0.39, 0.29) is 11.5 Å². The topological polar surface area (TPSA) is 41.6 Å². The molecule has 2 aliphatic rings. The molecule has 2 saturated heterocycles. The molecule has 2 aliphatic heterocycles. The van der Waals surface area contributed by atoms with Gasteiger partial charge in [-0.1, -0.05) is 0 Å². The second kappa shape index (κ2) is 3.51. The first-order valence-corrected chi connectivity index (χ1v) is 5.22. The molecule has 0 aromatic rings. The third kappa shape index (κ3) is 1.17. The monoisotopic (exact) mass is 198 g/mol. The molecule has 2 rings (SSSR count). The molecule has 4 nitrogen and oxygen atoms in total. The Bertz CT molecular complexity index is 244. The van der Waals surface area contributed by atoms with Crippen molar-refractivity contribution in [1.82, 2.24) is 10.2 Å². The fourth-order valence-corrected chi connectivity index (χ4v) is 2.88. The Labute approximate surface area is 84.6 Å². The number of methoxy groups -OCH3 is 1. The molecule has 1 N–H and O–H groups in total. The first kappa shape index (κ1) is 9.93. The lowest BCUT2D eigenvalue weighted by atomic mass is 9.79. The highest BCUT2D eigenvalue weighted by atomic mass is 16.5. The van der Waals surface area contributed by atoms with Crippen LogP contribution in [0.15, 0.2) is 0 Å². The van der Waals surface area contributed by atoms with Crippen LogP contribution in [0.1, 0.15) is 12.8 Å². The van der Waals surface area contributed by atoms with Crippen LogP contribution in [0.4, 0.5) is 0 Å². The number of likely N-dealkylation sites (tertiary alicyclic amines) is 1. The maximum atomic E-state index is 11.9. The smallest absolute Gasteiger partial charge is 0.327 e.